The Labute approximate surface area is 212 Å². The predicted molar refractivity (Wildman–Crippen MR) is 145 cm³/mol. The summed E-state index contributed by atoms with van der Waals surface area (Å²) in [6.45, 7) is 4.34. The number of hydrogen-bond donors (Lipinski definition) is 4. The number of isocyanates is 2. The van der Waals surface area contributed by atoms with Crippen LogP contribution in [0.2, 0.25) is 0 Å². The van der Waals surface area contributed by atoms with Crippen molar-refractivity contribution >= 4 is 35.8 Å². The molecule has 0 aliphatic heterocycles. The molecule has 0 aromatic heterocycles. The molecule has 0 spiro atoms. The molecule has 0 saturated carbocycles. The average molecular weight is 491 g/mol. The van der Waals surface area contributed by atoms with Crippen LogP contribution in [0, 0.1) is 16.2 Å². The highest BCUT2D eigenvalue weighted by Gasteiger charge is 2.25. The fourth-order valence-electron chi connectivity index (χ4n) is 3.21. The predicted octanol–water partition coefficient (Wildman–Crippen LogP) is 6.50. The fraction of sp³-hybridized carbons (Fsp3) is 0.143. The third kappa shape index (κ3) is 11.0. The zero-order valence-electron chi connectivity index (χ0n) is 19.8. The Hall–Kier alpha value is -4.21. The van der Waals surface area contributed by atoms with Crippen LogP contribution in [-0.4, -0.2) is 12.2 Å². The molecule has 0 amide bonds. The first-order valence-electron chi connectivity index (χ1n) is 10.5. The Morgan fingerprint density at radius 1 is 0.686 bits per heavy atom. The van der Waals surface area contributed by atoms with E-state index in [1.807, 2.05) is 30.3 Å². The van der Waals surface area contributed by atoms with Crippen LogP contribution in [0.5, 0.6) is 0 Å². The molecule has 0 radical (unpaired) electrons. The standard InChI is InChI=1S/C14H18N2.C12H10.2CHNO.ClH/c1-14(2)9-11(5-8-13(14)16)10-3-6-12(15)7-4-10;1-3-7-11(8-4-1)12-9-5-2-6-10-12;2*2-1-3;/h3-8H,9,15-16H2,1-2H3;1-10H;2*2H;1H. The topological polar surface area (TPSA) is 134 Å². The maximum Gasteiger partial charge on any atom is 0.231 e. The SMILES string of the molecule is CC1(C)CC(c2ccc(N)cc2)=CC=C1N.Cl.N=C=O.N=C=O.c1ccc(-c2ccccc2)cc1. The molecule has 0 atom stereocenters. The molecule has 7 heteroatoms. The van der Waals surface area contributed by atoms with Crippen LogP contribution in [0.25, 0.3) is 16.7 Å². The van der Waals surface area contributed by atoms with E-state index in [9.17, 15) is 0 Å². The zero-order chi connectivity index (χ0) is 25.4. The lowest BCUT2D eigenvalue weighted by molar-refractivity contribution is 0.450. The maximum atomic E-state index is 8.35. The van der Waals surface area contributed by atoms with Crippen molar-refractivity contribution in [2.75, 3.05) is 5.73 Å². The first-order chi connectivity index (χ1) is 16.3. The summed E-state index contributed by atoms with van der Waals surface area (Å²) in [7, 11) is 0. The largest absolute Gasteiger partial charge is 0.402 e. The van der Waals surface area contributed by atoms with E-state index >= 15 is 0 Å². The number of carbonyl (C=O) groups excluding carboxylic acids is 2. The van der Waals surface area contributed by atoms with Crippen LogP contribution >= 0.6 is 12.4 Å². The number of rotatable bonds is 2. The Balaban J connectivity index is 0.000000539. The Bertz CT molecular complexity index is 1100. The zero-order valence-corrected chi connectivity index (χ0v) is 20.6. The molecule has 4 rings (SSSR count). The summed E-state index contributed by atoms with van der Waals surface area (Å²) in [5.74, 6) is 0. The van der Waals surface area contributed by atoms with Gasteiger partial charge in [-0.15, -0.1) is 12.4 Å². The van der Waals surface area contributed by atoms with E-state index < -0.39 is 0 Å². The van der Waals surface area contributed by atoms with E-state index in [-0.39, 0.29) is 17.8 Å². The number of nitrogens with one attached hydrogen (secondary N) is 2. The summed E-state index contributed by atoms with van der Waals surface area (Å²) in [6.07, 6.45) is 6.58. The highest BCUT2D eigenvalue weighted by atomic mass is 35.5. The molecule has 0 heterocycles. The molecule has 0 bridgehead atoms. The minimum absolute atomic E-state index is 0. The van der Waals surface area contributed by atoms with E-state index in [0.717, 1.165) is 30.0 Å². The number of halogens is 1. The molecular formula is C28H31ClN4O2. The second-order valence-corrected chi connectivity index (χ2v) is 7.93. The Morgan fingerprint density at radius 2 is 1.09 bits per heavy atom. The van der Waals surface area contributed by atoms with Gasteiger partial charge < -0.3 is 11.5 Å². The van der Waals surface area contributed by atoms with Crippen LogP contribution in [0.15, 0.2) is 103 Å². The molecule has 182 valence electrons. The maximum absolute atomic E-state index is 8.35. The van der Waals surface area contributed by atoms with Crippen LogP contribution in [0.4, 0.5) is 5.69 Å². The summed E-state index contributed by atoms with van der Waals surface area (Å²) < 4.78 is 0. The van der Waals surface area contributed by atoms with Gasteiger partial charge in [-0.05, 0) is 46.9 Å². The van der Waals surface area contributed by atoms with Crippen molar-refractivity contribution in [2.24, 2.45) is 11.1 Å². The first-order valence-corrected chi connectivity index (χ1v) is 10.5. The number of allylic oxidation sites excluding steroid dienone is 4. The normalized spacial score (nSPS) is 12.4. The van der Waals surface area contributed by atoms with E-state index in [4.69, 9.17) is 31.9 Å². The molecule has 0 saturated heterocycles. The van der Waals surface area contributed by atoms with Gasteiger partial charge in [0.2, 0.25) is 12.2 Å². The smallest absolute Gasteiger partial charge is 0.231 e. The van der Waals surface area contributed by atoms with Crippen LogP contribution in [0.1, 0.15) is 25.8 Å². The van der Waals surface area contributed by atoms with Crippen molar-refractivity contribution in [3.8, 4) is 11.1 Å². The summed E-state index contributed by atoms with van der Waals surface area (Å²) in [6, 6.07) is 28.8. The highest BCUT2D eigenvalue weighted by Crippen LogP contribution is 2.38. The number of hydrogen-bond acceptors (Lipinski definition) is 6. The lowest BCUT2D eigenvalue weighted by atomic mass is 9.77. The van der Waals surface area contributed by atoms with Crippen molar-refractivity contribution in [2.45, 2.75) is 20.3 Å². The summed E-state index contributed by atoms with van der Waals surface area (Å²) in [5.41, 5.74) is 18.6. The van der Waals surface area contributed by atoms with Gasteiger partial charge in [0.25, 0.3) is 0 Å². The first kappa shape index (κ1) is 30.8. The van der Waals surface area contributed by atoms with Gasteiger partial charge in [-0.25, -0.2) is 20.4 Å². The fourth-order valence-corrected chi connectivity index (χ4v) is 3.21. The molecule has 0 unspecified atom stereocenters. The van der Waals surface area contributed by atoms with Crippen LogP contribution in [-0.2, 0) is 9.59 Å². The van der Waals surface area contributed by atoms with Crippen LogP contribution in [0.3, 0.4) is 0 Å². The second kappa shape index (κ2) is 16.4. The molecule has 6 N–H and O–H groups in total. The molecular weight excluding hydrogens is 460 g/mol. The van der Waals surface area contributed by atoms with E-state index in [1.54, 1.807) is 0 Å². The van der Waals surface area contributed by atoms with Crippen molar-refractivity contribution in [3.63, 3.8) is 0 Å². The quantitative estimate of drug-likeness (QED) is 0.185. The lowest BCUT2D eigenvalue weighted by Gasteiger charge is -2.29. The van der Waals surface area contributed by atoms with Crippen molar-refractivity contribution in [3.05, 3.63) is 108 Å². The van der Waals surface area contributed by atoms with Crippen molar-refractivity contribution in [1.29, 1.82) is 10.8 Å². The van der Waals surface area contributed by atoms with Gasteiger partial charge in [0.15, 0.2) is 0 Å². The highest BCUT2D eigenvalue weighted by molar-refractivity contribution is 5.85. The van der Waals surface area contributed by atoms with Crippen molar-refractivity contribution in [1.82, 2.24) is 0 Å². The van der Waals surface area contributed by atoms with Gasteiger partial charge in [-0.1, -0.05) is 92.7 Å². The minimum atomic E-state index is 0. The Kier molecular flexibility index (Phi) is 14.4. The van der Waals surface area contributed by atoms with Gasteiger partial charge in [0, 0.05) is 16.8 Å². The molecule has 1 aliphatic rings. The molecule has 0 fully saturated rings. The summed E-state index contributed by atoms with van der Waals surface area (Å²) in [4.78, 5) is 16.7. The molecule has 35 heavy (non-hydrogen) atoms. The number of nitrogen functional groups attached to an aromatic ring is 1. The third-order valence-corrected chi connectivity index (χ3v) is 5.04. The van der Waals surface area contributed by atoms with E-state index in [0.29, 0.717) is 0 Å². The minimum Gasteiger partial charge on any atom is -0.402 e. The van der Waals surface area contributed by atoms with Gasteiger partial charge in [-0.2, -0.15) is 0 Å². The number of benzene rings is 3. The van der Waals surface area contributed by atoms with Gasteiger partial charge in [0.1, 0.15) is 0 Å². The van der Waals surface area contributed by atoms with Gasteiger partial charge in [0.05, 0.1) is 0 Å². The van der Waals surface area contributed by atoms with Crippen molar-refractivity contribution < 1.29 is 9.59 Å². The van der Waals surface area contributed by atoms with Gasteiger partial charge in [-0.3, -0.25) is 0 Å². The third-order valence-electron chi connectivity index (χ3n) is 5.04. The van der Waals surface area contributed by atoms with Crippen LogP contribution < -0.4 is 11.5 Å². The molecule has 1 aliphatic carbocycles. The second-order valence-electron chi connectivity index (χ2n) is 7.93. The average Bonchev–Trinajstić information content (AvgIpc) is 2.84. The van der Waals surface area contributed by atoms with Gasteiger partial charge >= 0.3 is 0 Å². The Morgan fingerprint density at radius 3 is 1.46 bits per heavy atom. The monoisotopic (exact) mass is 490 g/mol. The van der Waals surface area contributed by atoms with E-state index in [2.05, 4.69) is 80.6 Å². The molecule has 6 nitrogen and oxygen atoms in total. The van der Waals surface area contributed by atoms with E-state index in [1.165, 1.54) is 22.3 Å². The molecule has 3 aromatic carbocycles. The number of nitrogens with two attached hydrogens (primary N) is 2. The number of anilines is 1. The summed E-state index contributed by atoms with van der Waals surface area (Å²) >= 11 is 0. The lowest BCUT2D eigenvalue weighted by Crippen LogP contribution is -2.23. The summed E-state index contributed by atoms with van der Waals surface area (Å²) in [5, 5.41) is 10.8. The molecule has 3 aromatic rings.